The van der Waals surface area contributed by atoms with Crippen LogP contribution in [0.25, 0.3) is 0 Å². The summed E-state index contributed by atoms with van der Waals surface area (Å²) in [5.74, 6) is 0. The maximum Gasteiger partial charge on any atom is 0.0522 e. The van der Waals surface area contributed by atoms with Crippen LogP contribution in [0, 0.1) is 6.92 Å². The van der Waals surface area contributed by atoms with Gasteiger partial charge in [-0.1, -0.05) is 28.1 Å². The Bertz CT molecular complexity index is 534. The first-order valence-electron chi connectivity index (χ1n) is 6.01. The van der Waals surface area contributed by atoms with Crippen molar-refractivity contribution >= 4 is 15.9 Å². The van der Waals surface area contributed by atoms with E-state index in [9.17, 15) is 0 Å². The molecule has 0 amide bonds. The normalized spacial score (nSPS) is 12.7. The van der Waals surface area contributed by atoms with Crippen molar-refractivity contribution in [3.63, 3.8) is 0 Å². The summed E-state index contributed by atoms with van der Waals surface area (Å²) >= 11 is 3.54. The van der Waals surface area contributed by atoms with Crippen molar-refractivity contribution in [1.82, 2.24) is 15.1 Å². The van der Waals surface area contributed by atoms with Gasteiger partial charge in [-0.25, -0.2) is 0 Å². The molecule has 0 spiro atoms. The number of aryl methyl sites for hydroxylation is 2. The number of benzene rings is 1. The SMILES string of the molecule is CNC(Cc1cnn(C)c1)c1ccc(Br)c(C)c1. The van der Waals surface area contributed by atoms with E-state index < -0.39 is 0 Å². The summed E-state index contributed by atoms with van der Waals surface area (Å²) in [6.45, 7) is 2.12. The molecule has 1 unspecified atom stereocenters. The standard InChI is InChI=1S/C14H18BrN3/c1-10-6-12(4-5-13(10)15)14(16-2)7-11-8-17-18(3)9-11/h4-6,8-9,14,16H,7H2,1-3H3. The van der Waals surface area contributed by atoms with Gasteiger partial charge in [-0.05, 0) is 43.1 Å². The minimum Gasteiger partial charge on any atom is -0.313 e. The first-order chi connectivity index (χ1) is 8.60. The van der Waals surface area contributed by atoms with Crippen LogP contribution in [0.15, 0.2) is 35.1 Å². The van der Waals surface area contributed by atoms with Crippen LogP contribution in [0.5, 0.6) is 0 Å². The van der Waals surface area contributed by atoms with Crippen LogP contribution in [-0.4, -0.2) is 16.8 Å². The topological polar surface area (TPSA) is 29.9 Å². The number of nitrogens with one attached hydrogen (secondary N) is 1. The van der Waals surface area contributed by atoms with Gasteiger partial charge in [0.1, 0.15) is 0 Å². The lowest BCUT2D eigenvalue weighted by molar-refractivity contribution is 0.591. The molecular weight excluding hydrogens is 290 g/mol. The molecule has 2 rings (SSSR count). The Morgan fingerprint density at radius 2 is 2.22 bits per heavy atom. The van der Waals surface area contributed by atoms with Crippen LogP contribution in [0.3, 0.4) is 0 Å². The van der Waals surface area contributed by atoms with E-state index in [1.54, 1.807) is 0 Å². The fraction of sp³-hybridized carbons (Fsp3) is 0.357. The number of likely N-dealkylation sites (N-methyl/N-ethyl adjacent to an activating group) is 1. The Kier molecular flexibility index (Phi) is 4.19. The second-order valence-electron chi connectivity index (χ2n) is 4.58. The lowest BCUT2D eigenvalue weighted by Gasteiger charge is -2.16. The smallest absolute Gasteiger partial charge is 0.0522 e. The fourth-order valence-electron chi connectivity index (χ4n) is 2.08. The van der Waals surface area contributed by atoms with Gasteiger partial charge in [0, 0.05) is 23.8 Å². The van der Waals surface area contributed by atoms with Crippen molar-refractivity contribution < 1.29 is 0 Å². The van der Waals surface area contributed by atoms with Gasteiger partial charge < -0.3 is 5.32 Å². The molecule has 2 aromatic rings. The molecule has 0 saturated heterocycles. The molecule has 0 aliphatic rings. The Balaban J connectivity index is 2.19. The summed E-state index contributed by atoms with van der Waals surface area (Å²) in [5.41, 5.74) is 3.82. The van der Waals surface area contributed by atoms with Crippen LogP contribution < -0.4 is 5.32 Å². The minimum absolute atomic E-state index is 0.320. The molecule has 0 radical (unpaired) electrons. The monoisotopic (exact) mass is 307 g/mol. The summed E-state index contributed by atoms with van der Waals surface area (Å²) in [7, 11) is 3.94. The first-order valence-corrected chi connectivity index (χ1v) is 6.80. The van der Waals surface area contributed by atoms with Crippen molar-refractivity contribution in [1.29, 1.82) is 0 Å². The number of nitrogens with zero attached hydrogens (tertiary/aromatic N) is 2. The van der Waals surface area contributed by atoms with Gasteiger partial charge in [0.15, 0.2) is 0 Å². The van der Waals surface area contributed by atoms with E-state index in [0.29, 0.717) is 6.04 Å². The molecule has 0 bridgehead atoms. The molecule has 0 fully saturated rings. The highest BCUT2D eigenvalue weighted by atomic mass is 79.9. The Morgan fingerprint density at radius 1 is 1.44 bits per heavy atom. The number of hydrogen-bond acceptors (Lipinski definition) is 2. The molecule has 4 heteroatoms. The van der Waals surface area contributed by atoms with Gasteiger partial charge in [-0.3, -0.25) is 4.68 Å². The van der Waals surface area contributed by atoms with Crippen LogP contribution in [0.2, 0.25) is 0 Å². The molecule has 0 saturated carbocycles. The van der Waals surface area contributed by atoms with Crippen LogP contribution in [0.1, 0.15) is 22.7 Å². The zero-order chi connectivity index (χ0) is 13.1. The van der Waals surface area contributed by atoms with Crippen molar-refractivity contribution in [3.8, 4) is 0 Å². The lowest BCUT2D eigenvalue weighted by atomic mass is 9.99. The van der Waals surface area contributed by atoms with E-state index in [2.05, 4.69) is 57.7 Å². The Labute approximate surface area is 116 Å². The second kappa shape index (κ2) is 5.67. The van der Waals surface area contributed by atoms with Gasteiger partial charge in [0.2, 0.25) is 0 Å². The second-order valence-corrected chi connectivity index (χ2v) is 5.43. The van der Waals surface area contributed by atoms with Crippen molar-refractivity contribution in [2.75, 3.05) is 7.05 Å². The number of halogens is 1. The van der Waals surface area contributed by atoms with Gasteiger partial charge in [0.05, 0.1) is 6.20 Å². The predicted octanol–water partition coefficient (Wildman–Crippen LogP) is 2.99. The third kappa shape index (κ3) is 3.00. The van der Waals surface area contributed by atoms with Crippen LogP contribution in [-0.2, 0) is 13.5 Å². The highest BCUT2D eigenvalue weighted by molar-refractivity contribution is 9.10. The van der Waals surface area contributed by atoms with E-state index in [-0.39, 0.29) is 0 Å². The zero-order valence-electron chi connectivity index (χ0n) is 10.9. The average Bonchev–Trinajstić information content (AvgIpc) is 2.75. The van der Waals surface area contributed by atoms with Gasteiger partial charge in [-0.2, -0.15) is 5.10 Å². The Hall–Kier alpha value is -1.13. The van der Waals surface area contributed by atoms with Gasteiger partial charge in [0.25, 0.3) is 0 Å². The largest absolute Gasteiger partial charge is 0.313 e. The van der Waals surface area contributed by atoms with E-state index in [1.807, 2.05) is 25.0 Å². The number of hydrogen-bond donors (Lipinski definition) is 1. The molecule has 1 heterocycles. The molecule has 3 nitrogen and oxygen atoms in total. The van der Waals surface area contributed by atoms with Crippen molar-refractivity contribution in [3.05, 3.63) is 51.8 Å². The van der Waals surface area contributed by atoms with Crippen molar-refractivity contribution in [2.45, 2.75) is 19.4 Å². The van der Waals surface area contributed by atoms with Crippen LogP contribution >= 0.6 is 15.9 Å². The van der Waals surface area contributed by atoms with Crippen LogP contribution in [0.4, 0.5) is 0 Å². The highest BCUT2D eigenvalue weighted by Crippen LogP contribution is 2.23. The predicted molar refractivity (Wildman–Crippen MR) is 77.6 cm³/mol. The van der Waals surface area contributed by atoms with E-state index in [1.165, 1.54) is 16.7 Å². The molecule has 96 valence electrons. The lowest BCUT2D eigenvalue weighted by Crippen LogP contribution is -2.18. The summed E-state index contributed by atoms with van der Waals surface area (Å²) in [5, 5.41) is 7.58. The summed E-state index contributed by atoms with van der Waals surface area (Å²) < 4.78 is 3.00. The molecule has 1 atom stereocenters. The molecule has 1 aromatic carbocycles. The molecule has 18 heavy (non-hydrogen) atoms. The third-order valence-electron chi connectivity index (χ3n) is 3.13. The third-order valence-corrected chi connectivity index (χ3v) is 4.02. The first kappa shape index (κ1) is 13.3. The van der Waals surface area contributed by atoms with Gasteiger partial charge >= 0.3 is 0 Å². The molecular formula is C14H18BrN3. The fourth-order valence-corrected chi connectivity index (χ4v) is 2.33. The summed E-state index contributed by atoms with van der Waals surface area (Å²) in [4.78, 5) is 0. The van der Waals surface area contributed by atoms with E-state index >= 15 is 0 Å². The molecule has 1 aromatic heterocycles. The molecule has 0 aliphatic carbocycles. The van der Waals surface area contributed by atoms with Crippen molar-refractivity contribution in [2.24, 2.45) is 7.05 Å². The zero-order valence-corrected chi connectivity index (χ0v) is 12.5. The maximum absolute atomic E-state index is 4.21. The Morgan fingerprint density at radius 3 is 2.78 bits per heavy atom. The number of aromatic nitrogens is 2. The number of rotatable bonds is 4. The van der Waals surface area contributed by atoms with E-state index in [4.69, 9.17) is 0 Å². The quantitative estimate of drug-likeness (QED) is 0.941. The maximum atomic E-state index is 4.21. The van der Waals surface area contributed by atoms with E-state index in [0.717, 1.165) is 10.9 Å². The summed E-state index contributed by atoms with van der Waals surface area (Å²) in [6, 6.07) is 6.81. The highest BCUT2D eigenvalue weighted by Gasteiger charge is 2.12. The average molecular weight is 308 g/mol. The molecule has 1 N–H and O–H groups in total. The minimum atomic E-state index is 0.320. The van der Waals surface area contributed by atoms with Gasteiger partial charge in [-0.15, -0.1) is 0 Å². The molecule has 0 aliphatic heterocycles. The summed E-state index contributed by atoms with van der Waals surface area (Å²) in [6.07, 6.45) is 4.94.